The number of alkyl halides is 5. The summed E-state index contributed by atoms with van der Waals surface area (Å²) in [6, 6.07) is 14.1. The molecule has 0 bridgehead atoms. The van der Waals surface area contributed by atoms with Crippen molar-refractivity contribution in [2.75, 3.05) is 18.8 Å². The molecule has 1 saturated heterocycles. The van der Waals surface area contributed by atoms with Gasteiger partial charge in [-0.15, -0.1) is 11.3 Å². The molecule has 0 atom stereocenters. The molecular formula is C32H26F5N3O2S. The van der Waals surface area contributed by atoms with Crippen LogP contribution < -0.4 is 5.73 Å². The number of halogens is 5. The number of aromatic nitrogens is 1. The van der Waals surface area contributed by atoms with Crippen LogP contribution in [0, 0.1) is 5.41 Å². The summed E-state index contributed by atoms with van der Waals surface area (Å²) in [4.78, 5) is 31.4. The van der Waals surface area contributed by atoms with E-state index in [0.29, 0.717) is 44.8 Å². The van der Waals surface area contributed by atoms with Gasteiger partial charge in [-0.2, -0.15) is 13.2 Å². The van der Waals surface area contributed by atoms with Crippen molar-refractivity contribution in [1.82, 2.24) is 9.88 Å². The number of thiophene rings is 1. The number of ketones is 1. The van der Waals surface area contributed by atoms with E-state index in [4.69, 9.17) is 5.73 Å². The number of aryl methyl sites for hydroxylation is 1. The predicted molar refractivity (Wildman–Crippen MR) is 156 cm³/mol. The molecule has 2 aromatic carbocycles. The first-order valence-corrected chi connectivity index (χ1v) is 14.4. The number of likely N-dealkylation sites (tertiary alicyclic amines) is 1. The van der Waals surface area contributed by atoms with Crippen molar-refractivity contribution in [3.63, 3.8) is 0 Å². The number of nitrogens with zero attached hydrogens (tertiary/aromatic N) is 2. The summed E-state index contributed by atoms with van der Waals surface area (Å²) >= 11 is 1.02. The summed E-state index contributed by atoms with van der Waals surface area (Å²) < 4.78 is 69.0. The minimum atomic E-state index is -4.59. The van der Waals surface area contributed by atoms with Gasteiger partial charge in [0.2, 0.25) is 5.92 Å². The molecule has 1 spiro atoms. The van der Waals surface area contributed by atoms with E-state index in [1.165, 1.54) is 17.2 Å². The average Bonchev–Trinajstić information content (AvgIpc) is 3.34. The Hall–Kier alpha value is -4.12. The molecular weight excluding hydrogens is 585 g/mol. The topological polar surface area (TPSA) is 76.3 Å². The lowest BCUT2D eigenvalue weighted by atomic mass is 9.61. The Morgan fingerprint density at radius 2 is 1.72 bits per heavy atom. The van der Waals surface area contributed by atoms with E-state index in [1.807, 2.05) is 0 Å². The van der Waals surface area contributed by atoms with Crippen LogP contribution in [0.2, 0.25) is 0 Å². The molecule has 3 heterocycles. The number of nitrogen functional groups attached to an aromatic ring is 1. The van der Waals surface area contributed by atoms with Gasteiger partial charge in [-0.3, -0.25) is 9.59 Å². The van der Waals surface area contributed by atoms with Crippen molar-refractivity contribution in [1.29, 1.82) is 0 Å². The second-order valence-corrected chi connectivity index (χ2v) is 12.6. The first-order valence-electron chi connectivity index (χ1n) is 13.6. The highest BCUT2D eigenvalue weighted by atomic mass is 32.1. The lowest BCUT2D eigenvalue weighted by Crippen LogP contribution is -2.66. The maximum absolute atomic E-state index is 14.1. The summed E-state index contributed by atoms with van der Waals surface area (Å²) in [6.07, 6.45) is -0.00236. The molecule has 11 heteroatoms. The van der Waals surface area contributed by atoms with Gasteiger partial charge in [0.1, 0.15) is 5.82 Å². The van der Waals surface area contributed by atoms with E-state index < -0.39 is 23.1 Å². The molecule has 2 fully saturated rings. The highest BCUT2D eigenvalue weighted by molar-refractivity contribution is 7.19. The third-order valence-corrected chi connectivity index (χ3v) is 9.18. The van der Waals surface area contributed by atoms with Crippen molar-refractivity contribution in [2.24, 2.45) is 5.41 Å². The molecule has 0 unspecified atom stereocenters. The van der Waals surface area contributed by atoms with Crippen LogP contribution in [0.3, 0.4) is 0 Å². The van der Waals surface area contributed by atoms with Crippen LogP contribution in [-0.4, -0.2) is 40.6 Å². The lowest BCUT2D eigenvalue weighted by molar-refractivity contribution is -0.203. The first-order chi connectivity index (χ1) is 20.3. The fraction of sp³-hybridized carbons (Fsp3) is 0.281. The maximum Gasteiger partial charge on any atom is 0.417 e. The Bertz CT molecular complexity index is 1730. The Labute approximate surface area is 247 Å². The molecule has 4 aromatic rings. The Balaban J connectivity index is 1.16. The largest absolute Gasteiger partial charge is 0.417 e. The van der Waals surface area contributed by atoms with Gasteiger partial charge in [-0.1, -0.05) is 12.1 Å². The van der Waals surface area contributed by atoms with Crippen molar-refractivity contribution in [2.45, 2.75) is 37.8 Å². The van der Waals surface area contributed by atoms with Crippen molar-refractivity contribution < 1.29 is 31.5 Å². The normalized spacial score (nSPS) is 17.3. The Kier molecular flexibility index (Phi) is 7.11. The highest BCUT2D eigenvalue weighted by Crippen LogP contribution is 2.56. The maximum atomic E-state index is 14.1. The average molecular weight is 612 g/mol. The SMILES string of the molecule is Nc1ccc(/C=C/C(=O)CCc2cc3cc(-c4ccc(C(=O)N5CC6(C5)CC(F)(F)C6)cc4)cc(C(F)(F)F)c3s2)cn1. The van der Waals surface area contributed by atoms with E-state index in [9.17, 15) is 31.5 Å². The third kappa shape index (κ3) is 6.04. The quantitative estimate of drug-likeness (QED) is 0.172. The second kappa shape index (κ2) is 10.6. The fourth-order valence-corrected chi connectivity index (χ4v) is 7.08. The van der Waals surface area contributed by atoms with Crippen LogP contribution in [0.1, 0.15) is 45.6 Å². The van der Waals surface area contributed by atoms with Gasteiger partial charge in [0.05, 0.1) is 5.56 Å². The summed E-state index contributed by atoms with van der Waals surface area (Å²) in [5.41, 5.74) is 6.22. The summed E-state index contributed by atoms with van der Waals surface area (Å²) in [5, 5.41) is 0.420. The highest BCUT2D eigenvalue weighted by Gasteiger charge is 2.62. The number of pyridine rings is 1. The number of benzene rings is 2. The molecule has 6 rings (SSSR count). The van der Waals surface area contributed by atoms with Gasteiger partial charge in [0.25, 0.3) is 5.91 Å². The number of carbonyl (C=O) groups is 2. The molecule has 1 aliphatic carbocycles. The van der Waals surface area contributed by atoms with Crippen molar-refractivity contribution in [3.05, 3.63) is 88.4 Å². The van der Waals surface area contributed by atoms with Gasteiger partial charge in [0.15, 0.2) is 5.78 Å². The number of allylic oxidation sites excluding steroid dienone is 1. The van der Waals surface area contributed by atoms with Gasteiger partial charge in [-0.05, 0) is 83.1 Å². The molecule has 222 valence electrons. The number of carbonyl (C=O) groups excluding carboxylic acids is 2. The zero-order valence-electron chi connectivity index (χ0n) is 22.8. The van der Waals surface area contributed by atoms with E-state index in [-0.39, 0.29) is 48.7 Å². The van der Waals surface area contributed by atoms with Crippen LogP contribution in [0.25, 0.3) is 27.3 Å². The number of rotatable bonds is 7. The van der Waals surface area contributed by atoms with Crippen LogP contribution in [0.4, 0.5) is 27.8 Å². The number of fused-ring (bicyclic) bond motifs is 1. The number of anilines is 1. The molecule has 0 radical (unpaired) electrons. The summed E-state index contributed by atoms with van der Waals surface area (Å²) in [5.74, 6) is -2.73. The Morgan fingerprint density at radius 3 is 2.35 bits per heavy atom. The standard InChI is InChI=1S/C32H26F5N3O2S/c33-31(34)15-30(16-31)17-40(18-30)29(42)21-5-3-20(4-6-21)22-11-23-12-25(43-28(23)26(13-22)32(35,36)37)9-8-24(41)7-1-19-2-10-27(38)39-14-19/h1-7,10-14H,8-9,15-18H2,(H2,38,39)/b7-1+. The Morgan fingerprint density at radius 1 is 1.00 bits per heavy atom. The number of hydrogen-bond acceptors (Lipinski definition) is 5. The fourth-order valence-electron chi connectivity index (χ4n) is 5.91. The van der Waals surface area contributed by atoms with Crippen LogP contribution in [0.5, 0.6) is 0 Å². The summed E-state index contributed by atoms with van der Waals surface area (Å²) in [7, 11) is 0. The molecule has 2 N–H and O–H groups in total. The molecule has 2 aromatic heterocycles. The zero-order chi connectivity index (χ0) is 30.6. The van der Waals surface area contributed by atoms with E-state index >= 15 is 0 Å². The van der Waals surface area contributed by atoms with Crippen molar-refractivity contribution >= 4 is 45.0 Å². The number of nitrogens with two attached hydrogens (primary N) is 1. The van der Waals surface area contributed by atoms with E-state index in [2.05, 4.69) is 4.98 Å². The van der Waals surface area contributed by atoms with Gasteiger partial charge >= 0.3 is 6.18 Å². The second-order valence-electron chi connectivity index (χ2n) is 11.4. The third-order valence-electron chi connectivity index (χ3n) is 7.93. The lowest BCUT2D eigenvalue weighted by Gasteiger charge is -2.58. The molecule has 5 nitrogen and oxygen atoms in total. The number of hydrogen-bond donors (Lipinski definition) is 1. The molecule has 2 aliphatic rings. The molecule has 1 saturated carbocycles. The molecule has 1 amide bonds. The summed E-state index contributed by atoms with van der Waals surface area (Å²) in [6.45, 7) is 0.578. The van der Waals surface area contributed by atoms with Gasteiger partial charge in [0, 0.05) is 59.1 Å². The van der Waals surface area contributed by atoms with Crippen LogP contribution >= 0.6 is 11.3 Å². The number of amides is 1. The van der Waals surface area contributed by atoms with Crippen LogP contribution in [-0.2, 0) is 17.4 Å². The van der Waals surface area contributed by atoms with E-state index in [1.54, 1.807) is 54.6 Å². The minimum absolute atomic E-state index is 0.0993. The van der Waals surface area contributed by atoms with E-state index in [0.717, 1.165) is 17.4 Å². The smallest absolute Gasteiger partial charge is 0.384 e. The van der Waals surface area contributed by atoms with Gasteiger partial charge < -0.3 is 10.6 Å². The predicted octanol–water partition coefficient (Wildman–Crippen LogP) is 7.65. The van der Waals surface area contributed by atoms with Crippen LogP contribution in [0.15, 0.2) is 66.9 Å². The zero-order valence-corrected chi connectivity index (χ0v) is 23.6. The molecule has 43 heavy (non-hydrogen) atoms. The van der Waals surface area contributed by atoms with Gasteiger partial charge in [-0.25, -0.2) is 13.8 Å². The minimum Gasteiger partial charge on any atom is -0.384 e. The molecule has 1 aliphatic heterocycles. The monoisotopic (exact) mass is 611 g/mol. The van der Waals surface area contributed by atoms with Crippen molar-refractivity contribution in [3.8, 4) is 11.1 Å². The first kappa shape index (κ1) is 29.0.